The molecule has 168 valence electrons. The summed E-state index contributed by atoms with van der Waals surface area (Å²) in [4.78, 5) is 16.7. The summed E-state index contributed by atoms with van der Waals surface area (Å²) in [7, 11) is -6.65. The van der Waals surface area contributed by atoms with Gasteiger partial charge in [-0.15, -0.1) is 0 Å². The number of furan rings is 1. The van der Waals surface area contributed by atoms with Crippen molar-refractivity contribution in [3.8, 4) is 0 Å². The predicted molar refractivity (Wildman–Crippen MR) is 114 cm³/mol. The summed E-state index contributed by atoms with van der Waals surface area (Å²) in [5.74, 6) is 0.781. The van der Waals surface area contributed by atoms with Crippen LogP contribution in [-0.4, -0.2) is 76.3 Å². The molecule has 4 rings (SSSR count). The van der Waals surface area contributed by atoms with Crippen LogP contribution in [0.25, 0.3) is 0 Å². The van der Waals surface area contributed by atoms with E-state index in [1.807, 2.05) is 0 Å². The summed E-state index contributed by atoms with van der Waals surface area (Å²) >= 11 is 0. The Morgan fingerprint density at radius 3 is 2.39 bits per heavy atom. The van der Waals surface area contributed by atoms with Crippen molar-refractivity contribution < 1.29 is 26.0 Å². The van der Waals surface area contributed by atoms with Gasteiger partial charge in [0, 0.05) is 37.8 Å². The van der Waals surface area contributed by atoms with Gasteiger partial charge in [-0.25, -0.2) is 21.6 Å². The normalized spacial score (nSPS) is 21.9. The number of rotatable bonds is 6. The Kier molecular flexibility index (Phi) is 6.20. The first-order valence-corrected chi connectivity index (χ1v) is 13.4. The number of benzene rings is 1. The molecule has 11 heteroatoms. The van der Waals surface area contributed by atoms with Crippen LogP contribution in [0.5, 0.6) is 0 Å². The number of nitrogens with one attached hydrogen (secondary N) is 1. The average Bonchev–Trinajstić information content (AvgIpc) is 3.41. The molecule has 1 aromatic heterocycles. The Morgan fingerprint density at radius 2 is 1.81 bits per heavy atom. The minimum absolute atomic E-state index is 0.0421. The lowest BCUT2D eigenvalue weighted by molar-refractivity contribution is 0.0587. The standard InChI is InChI=1S/C20H25N3O6S2/c24-20(23-10-8-22(9-11-23)17-7-13-30(25,26)15-17)16-3-5-19(6-4-16)31(27,28)21-14-18-2-1-12-29-18/h1-6,12,17,21H,7-11,13-15H2. The van der Waals surface area contributed by atoms with Gasteiger partial charge in [-0.3, -0.25) is 9.69 Å². The highest BCUT2D eigenvalue weighted by atomic mass is 32.2. The molecule has 9 nitrogen and oxygen atoms in total. The average molecular weight is 468 g/mol. The van der Waals surface area contributed by atoms with E-state index < -0.39 is 19.9 Å². The van der Waals surface area contributed by atoms with E-state index in [2.05, 4.69) is 9.62 Å². The van der Waals surface area contributed by atoms with Crippen molar-refractivity contribution in [2.75, 3.05) is 37.7 Å². The van der Waals surface area contributed by atoms with Crippen LogP contribution < -0.4 is 4.72 Å². The zero-order chi connectivity index (χ0) is 22.1. The number of sulfonamides is 1. The fourth-order valence-electron chi connectivity index (χ4n) is 3.98. The van der Waals surface area contributed by atoms with Crippen LogP contribution in [0, 0.1) is 0 Å². The number of nitrogens with zero attached hydrogens (tertiary/aromatic N) is 2. The second-order valence-electron chi connectivity index (χ2n) is 7.81. The third-order valence-corrected chi connectivity index (χ3v) is 8.92. The van der Waals surface area contributed by atoms with E-state index in [0.717, 1.165) is 0 Å². The van der Waals surface area contributed by atoms with Crippen LogP contribution in [0.3, 0.4) is 0 Å². The number of piperazine rings is 1. The van der Waals surface area contributed by atoms with E-state index in [9.17, 15) is 21.6 Å². The Bertz CT molecular complexity index is 1120. The molecule has 0 radical (unpaired) electrons. The SMILES string of the molecule is O=C(c1ccc(S(=O)(=O)NCc2ccco2)cc1)N1CCN(C2CCS(=O)(=O)C2)CC1. The molecule has 0 aliphatic carbocycles. The van der Waals surface area contributed by atoms with Crippen molar-refractivity contribution in [3.05, 3.63) is 54.0 Å². The second kappa shape index (κ2) is 8.73. The van der Waals surface area contributed by atoms with Gasteiger partial charge in [-0.05, 0) is 42.8 Å². The summed E-state index contributed by atoms with van der Waals surface area (Å²) in [6.07, 6.45) is 2.12. The Balaban J connectivity index is 1.33. The summed E-state index contributed by atoms with van der Waals surface area (Å²) in [5.41, 5.74) is 0.418. The summed E-state index contributed by atoms with van der Waals surface area (Å²) < 4.78 is 55.8. The Morgan fingerprint density at radius 1 is 1.10 bits per heavy atom. The molecule has 2 saturated heterocycles. The number of hydrogen-bond acceptors (Lipinski definition) is 7. The summed E-state index contributed by atoms with van der Waals surface area (Å²) in [6.45, 7) is 2.34. The van der Waals surface area contributed by atoms with Gasteiger partial charge in [-0.2, -0.15) is 0 Å². The molecule has 1 atom stereocenters. The zero-order valence-corrected chi connectivity index (χ0v) is 18.6. The van der Waals surface area contributed by atoms with Crippen LogP contribution in [0.1, 0.15) is 22.5 Å². The lowest BCUT2D eigenvalue weighted by atomic mass is 10.1. The maximum Gasteiger partial charge on any atom is 0.253 e. The molecule has 1 amide bonds. The van der Waals surface area contributed by atoms with Crippen molar-refractivity contribution in [1.29, 1.82) is 0 Å². The maximum absolute atomic E-state index is 12.8. The van der Waals surface area contributed by atoms with Gasteiger partial charge in [0.2, 0.25) is 10.0 Å². The van der Waals surface area contributed by atoms with Crippen LogP contribution >= 0.6 is 0 Å². The Labute approximate surface area is 182 Å². The van der Waals surface area contributed by atoms with Crippen LogP contribution in [0.15, 0.2) is 52.0 Å². The molecule has 0 bridgehead atoms. The van der Waals surface area contributed by atoms with Gasteiger partial charge in [0.25, 0.3) is 5.91 Å². The highest BCUT2D eigenvalue weighted by molar-refractivity contribution is 7.91. The van der Waals surface area contributed by atoms with E-state index in [-0.39, 0.29) is 34.9 Å². The van der Waals surface area contributed by atoms with Crippen molar-refractivity contribution >= 4 is 25.8 Å². The molecule has 3 heterocycles. The van der Waals surface area contributed by atoms with Gasteiger partial charge in [0.1, 0.15) is 5.76 Å². The van der Waals surface area contributed by atoms with Crippen molar-refractivity contribution in [1.82, 2.24) is 14.5 Å². The Hall–Kier alpha value is -2.21. The van der Waals surface area contributed by atoms with Crippen molar-refractivity contribution in [2.24, 2.45) is 0 Å². The van der Waals surface area contributed by atoms with E-state index >= 15 is 0 Å². The van der Waals surface area contributed by atoms with Crippen LogP contribution in [0.2, 0.25) is 0 Å². The molecule has 1 unspecified atom stereocenters. The molecule has 2 aliphatic heterocycles. The van der Waals surface area contributed by atoms with E-state index in [4.69, 9.17) is 4.42 Å². The molecule has 31 heavy (non-hydrogen) atoms. The topological polar surface area (TPSA) is 117 Å². The smallest absolute Gasteiger partial charge is 0.253 e. The fraction of sp³-hybridized carbons (Fsp3) is 0.450. The molecule has 1 N–H and O–H groups in total. The van der Waals surface area contributed by atoms with Gasteiger partial charge < -0.3 is 9.32 Å². The molecule has 2 aromatic rings. The van der Waals surface area contributed by atoms with Gasteiger partial charge in [0.05, 0.1) is 29.2 Å². The first-order valence-electron chi connectivity index (χ1n) is 10.1. The van der Waals surface area contributed by atoms with Crippen LogP contribution in [0.4, 0.5) is 0 Å². The highest BCUT2D eigenvalue weighted by Crippen LogP contribution is 2.20. The largest absolute Gasteiger partial charge is 0.468 e. The molecule has 2 aliphatic rings. The molecule has 0 saturated carbocycles. The lowest BCUT2D eigenvalue weighted by Crippen LogP contribution is -2.52. The van der Waals surface area contributed by atoms with E-state index in [0.29, 0.717) is 43.9 Å². The minimum atomic E-state index is -3.72. The first-order chi connectivity index (χ1) is 14.7. The molecule has 0 spiro atoms. The van der Waals surface area contributed by atoms with Gasteiger partial charge in [-0.1, -0.05) is 0 Å². The minimum Gasteiger partial charge on any atom is -0.468 e. The maximum atomic E-state index is 12.8. The first kappa shape index (κ1) is 22.0. The van der Waals surface area contributed by atoms with Crippen molar-refractivity contribution in [3.63, 3.8) is 0 Å². The third kappa shape index (κ3) is 5.17. The summed E-state index contributed by atoms with van der Waals surface area (Å²) in [5, 5.41) is 0. The molecule has 2 fully saturated rings. The number of amides is 1. The van der Waals surface area contributed by atoms with E-state index in [1.54, 1.807) is 17.0 Å². The zero-order valence-electron chi connectivity index (χ0n) is 16.9. The molecular weight excluding hydrogens is 442 g/mol. The number of carbonyl (C=O) groups excluding carboxylic acids is 1. The third-order valence-electron chi connectivity index (χ3n) is 5.75. The fourth-order valence-corrected chi connectivity index (χ4v) is 6.73. The number of sulfone groups is 1. The summed E-state index contributed by atoms with van der Waals surface area (Å²) in [6, 6.07) is 9.25. The van der Waals surface area contributed by atoms with Crippen molar-refractivity contribution in [2.45, 2.75) is 23.9 Å². The monoisotopic (exact) mass is 467 g/mol. The van der Waals surface area contributed by atoms with Crippen LogP contribution in [-0.2, 0) is 26.4 Å². The van der Waals surface area contributed by atoms with Gasteiger partial charge >= 0.3 is 0 Å². The van der Waals surface area contributed by atoms with E-state index in [1.165, 1.54) is 30.5 Å². The number of hydrogen-bond donors (Lipinski definition) is 1. The molecule has 1 aromatic carbocycles. The predicted octanol–water partition coefficient (Wildman–Crippen LogP) is 0.703. The van der Waals surface area contributed by atoms with Gasteiger partial charge in [0.15, 0.2) is 9.84 Å². The molecular formula is C20H25N3O6S2. The number of carbonyl (C=O) groups is 1. The second-order valence-corrected chi connectivity index (χ2v) is 11.8. The highest BCUT2D eigenvalue weighted by Gasteiger charge is 2.34. The quantitative estimate of drug-likeness (QED) is 0.665. The lowest BCUT2D eigenvalue weighted by Gasteiger charge is -2.37.